The number of benzene rings is 1. The van der Waals surface area contributed by atoms with Crippen molar-refractivity contribution in [2.24, 2.45) is 5.92 Å². The molecule has 2 atom stereocenters. The third-order valence-electron chi connectivity index (χ3n) is 4.86. The van der Waals surface area contributed by atoms with E-state index < -0.39 is 0 Å². The summed E-state index contributed by atoms with van der Waals surface area (Å²) in [6.45, 7) is 2.44. The van der Waals surface area contributed by atoms with E-state index in [9.17, 15) is 0 Å². The molecule has 0 saturated heterocycles. The average molecular weight is 243 g/mol. The summed E-state index contributed by atoms with van der Waals surface area (Å²) in [5.41, 5.74) is 3.13. The van der Waals surface area contributed by atoms with Gasteiger partial charge in [-0.3, -0.25) is 0 Å². The minimum absolute atomic E-state index is 0.688. The zero-order valence-corrected chi connectivity index (χ0v) is 11.5. The van der Waals surface area contributed by atoms with Crippen molar-refractivity contribution in [3.63, 3.8) is 0 Å². The summed E-state index contributed by atoms with van der Waals surface area (Å²) >= 11 is 0. The van der Waals surface area contributed by atoms with Gasteiger partial charge in [0.15, 0.2) is 0 Å². The fourth-order valence-electron chi connectivity index (χ4n) is 3.72. The number of hydrogen-bond donors (Lipinski definition) is 1. The molecule has 1 fully saturated rings. The van der Waals surface area contributed by atoms with Crippen molar-refractivity contribution in [1.29, 1.82) is 0 Å². The molecule has 0 radical (unpaired) electrons. The van der Waals surface area contributed by atoms with E-state index in [1.165, 1.54) is 44.9 Å². The van der Waals surface area contributed by atoms with Gasteiger partial charge in [-0.2, -0.15) is 0 Å². The molecule has 0 aromatic heterocycles. The molecule has 2 aliphatic rings. The molecule has 2 unspecified atom stereocenters. The normalized spacial score (nSPS) is 28.9. The summed E-state index contributed by atoms with van der Waals surface area (Å²) in [6, 6.07) is 10.4. The van der Waals surface area contributed by atoms with Gasteiger partial charge in [-0.05, 0) is 42.7 Å². The first-order chi connectivity index (χ1) is 8.83. The van der Waals surface area contributed by atoms with Crippen LogP contribution in [0.4, 0.5) is 0 Å². The van der Waals surface area contributed by atoms with E-state index in [0.29, 0.717) is 6.04 Å². The van der Waals surface area contributed by atoms with Gasteiger partial charge in [-0.1, -0.05) is 50.5 Å². The Labute approximate surface area is 111 Å². The van der Waals surface area contributed by atoms with Gasteiger partial charge in [0, 0.05) is 12.1 Å². The first-order valence-electron chi connectivity index (χ1n) is 7.66. The van der Waals surface area contributed by atoms with Gasteiger partial charge in [0.2, 0.25) is 0 Å². The highest BCUT2D eigenvalue weighted by molar-refractivity contribution is 5.33. The molecule has 1 N–H and O–H groups in total. The van der Waals surface area contributed by atoms with E-state index in [-0.39, 0.29) is 0 Å². The van der Waals surface area contributed by atoms with Crippen LogP contribution >= 0.6 is 0 Å². The number of nitrogens with one attached hydrogen (secondary N) is 1. The van der Waals surface area contributed by atoms with Crippen molar-refractivity contribution in [3.8, 4) is 0 Å². The molecule has 2 aliphatic carbocycles. The lowest BCUT2D eigenvalue weighted by Crippen LogP contribution is -2.42. The fourth-order valence-corrected chi connectivity index (χ4v) is 3.72. The van der Waals surface area contributed by atoms with Crippen molar-refractivity contribution < 1.29 is 0 Å². The van der Waals surface area contributed by atoms with Crippen molar-refractivity contribution in [2.75, 3.05) is 0 Å². The lowest BCUT2D eigenvalue weighted by atomic mass is 9.96. The van der Waals surface area contributed by atoms with Crippen LogP contribution in [0.2, 0.25) is 0 Å². The van der Waals surface area contributed by atoms with E-state index in [4.69, 9.17) is 0 Å². The lowest BCUT2D eigenvalue weighted by molar-refractivity contribution is 0.323. The average Bonchev–Trinajstić information content (AvgIpc) is 2.68. The van der Waals surface area contributed by atoms with Crippen molar-refractivity contribution in [3.05, 3.63) is 35.4 Å². The van der Waals surface area contributed by atoms with Gasteiger partial charge >= 0.3 is 0 Å². The maximum absolute atomic E-state index is 3.95. The third-order valence-corrected chi connectivity index (χ3v) is 4.86. The highest BCUT2D eigenvalue weighted by Gasteiger charge is 2.26. The fraction of sp³-hybridized carbons (Fsp3) is 0.647. The molecule has 3 rings (SSSR count). The first-order valence-corrected chi connectivity index (χ1v) is 7.66. The summed E-state index contributed by atoms with van der Waals surface area (Å²) in [7, 11) is 0. The molecule has 1 aromatic carbocycles. The molecule has 1 saturated carbocycles. The molecule has 0 bridgehead atoms. The van der Waals surface area contributed by atoms with E-state index >= 15 is 0 Å². The quantitative estimate of drug-likeness (QED) is 0.781. The summed E-state index contributed by atoms with van der Waals surface area (Å²) in [5.74, 6) is 0.858. The Morgan fingerprint density at radius 3 is 2.33 bits per heavy atom. The molecular formula is C17H25N. The molecule has 0 aliphatic heterocycles. The highest BCUT2D eigenvalue weighted by atomic mass is 15.0. The largest absolute Gasteiger partial charge is 0.310 e. The molecule has 18 heavy (non-hydrogen) atoms. The van der Waals surface area contributed by atoms with Crippen LogP contribution in [0.1, 0.15) is 50.2 Å². The van der Waals surface area contributed by atoms with Crippen molar-refractivity contribution in [1.82, 2.24) is 5.32 Å². The maximum Gasteiger partial charge on any atom is 0.0151 e. The second-order valence-electron chi connectivity index (χ2n) is 6.26. The summed E-state index contributed by atoms with van der Waals surface area (Å²) in [5, 5.41) is 3.95. The highest BCUT2D eigenvalue weighted by Crippen LogP contribution is 2.26. The topological polar surface area (TPSA) is 12.0 Å². The molecule has 0 spiro atoms. The Kier molecular flexibility index (Phi) is 3.69. The van der Waals surface area contributed by atoms with Crippen LogP contribution in [0.15, 0.2) is 24.3 Å². The number of hydrogen-bond acceptors (Lipinski definition) is 1. The molecule has 1 heteroatoms. The monoisotopic (exact) mass is 243 g/mol. The van der Waals surface area contributed by atoms with Gasteiger partial charge in [0.25, 0.3) is 0 Å². The van der Waals surface area contributed by atoms with Crippen LogP contribution in [0.25, 0.3) is 0 Å². The van der Waals surface area contributed by atoms with Gasteiger partial charge in [-0.15, -0.1) is 0 Å². The Morgan fingerprint density at radius 2 is 1.61 bits per heavy atom. The van der Waals surface area contributed by atoms with Crippen LogP contribution in [0.3, 0.4) is 0 Å². The van der Waals surface area contributed by atoms with Gasteiger partial charge in [0.1, 0.15) is 0 Å². The second-order valence-corrected chi connectivity index (χ2v) is 6.26. The Bertz CT molecular complexity index is 373. The standard InChI is InChI=1S/C17H25N/c1-13-7-3-2-4-10-17(13)18-16-11-14-8-5-6-9-15(14)12-16/h5-6,8-9,13,16-18H,2-4,7,10-12H2,1H3. The maximum atomic E-state index is 3.95. The first kappa shape index (κ1) is 12.2. The van der Waals surface area contributed by atoms with Crippen molar-refractivity contribution in [2.45, 2.75) is 64.0 Å². The van der Waals surface area contributed by atoms with E-state index in [2.05, 4.69) is 36.5 Å². The van der Waals surface area contributed by atoms with Crippen LogP contribution in [-0.2, 0) is 12.8 Å². The molecular weight excluding hydrogens is 218 g/mol. The SMILES string of the molecule is CC1CCCCCC1NC1Cc2ccccc2C1. The van der Waals surface area contributed by atoms with E-state index in [1.807, 2.05) is 0 Å². The number of fused-ring (bicyclic) bond motifs is 1. The Balaban J connectivity index is 1.61. The number of rotatable bonds is 2. The van der Waals surface area contributed by atoms with Gasteiger partial charge < -0.3 is 5.32 Å². The summed E-state index contributed by atoms with van der Waals surface area (Å²) in [6.07, 6.45) is 9.56. The van der Waals surface area contributed by atoms with E-state index in [0.717, 1.165) is 12.0 Å². The van der Waals surface area contributed by atoms with Crippen LogP contribution < -0.4 is 5.32 Å². The van der Waals surface area contributed by atoms with E-state index in [1.54, 1.807) is 11.1 Å². The molecule has 0 amide bonds. The Morgan fingerprint density at radius 1 is 0.944 bits per heavy atom. The molecule has 1 aromatic rings. The summed E-state index contributed by atoms with van der Waals surface area (Å²) in [4.78, 5) is 0. The predicted octanol–water partition coefficient (Wildman–Crippen LogP) is 3.71. The van der Waals surface area contributed by atoms with Gasteiger partial charge in [-0.25, -0.2) is 0 Å². The van der Waals surface area contributed by atoms with Crippen LogP contribution in [0, 0.1) is 5.92 Å². The van der Waals surface area contributed by atoms with Crippen molar-refractivity contribution >= 4 is 0 Å². The second kappa shape index (κ2) is 5.44. The van der Waals surface area contributed by atoms with Crippen LogP contribution in [-0.4, -0.2) is 12.1 Å². The van der Waals surface area contributed by atoms with Gasteiger partial charge in [0.05, 0.1) is 0 Å². The Hall–Kier alpha value is -0.820. The molecule has 98 valence electrons. The zero-order chi connectivity index (χ0) is 12.4. The molecule has 1 nitrogen and oxygen atoms in total. The minimum atomic E-state index is 0.688. The smallest absolute Gasteiger partial charge is 0.0151 e. The zero-order valence-electron chi connectivity index (χ0n) is 11.5. The lowest BCUT2D eigenvalue weighted by Gasteiger charge is -2.26. The summed E-state index contributed by atoms with van der Waals surface area (Å²) < 4.78 is 0. The third kappa shape index (κ3) is 2.61. The minimum Gasteiger partial charge on any atom is -0.310 e. The van der Waals surface area contributed by atoms with Crippen LogP contribution in [0.5, 0.6) is 0 Å². The molecule has 0 heterocycles. The predicted molar refractivity (Wildman–Crippen MR) is 76.8 cm³/mol.